The number of para-hydroxylation sites is 2. The molecule has 0 saturated heterocycles. The number of fused-ring (bicyclic) bond motifs is 1. The molecule has 9 nitrogen and oxygen atoms in total. The van der Waals surface area contributed by atoms with Gasteiger partial charge in [0.1, 0.15) is 0 Å². The van der Waals surface area contributed by atoms with Gasteiger partial charge < -0.3 is 14.5 Å². The molecule has 0 fully saturated rings. The number of esters is 1. The maximum atomic E-state index is 11.8. The number of hydrogen-bond donors (Lipinski definition) is 2. The average molecular weight is 403 g/mol. The largest absolute Gasteiger partial charge is 0.456 e. The number of urea groups is 1. The smallest absolute Gasteiger partial charge is 0.419 e. The normalized spacial score (nSPS) is 10.6. The average Bonchev–Trinajstić information content (AvgIpc) is 3.30. The number of carbonyl (C=O) groups excluding carboxylic acids is 3. The van der Waals surface area contributed by atoms with Crippen LogP contribution in [0.15, 0.2) is 51.0 Å². The molecule has 0 aliphatic carbocycles. The number of nitrogens with one attached hydrogen (secondary N) is 2. The highest BCUT2D eigenvalue weighted by molar-refractivity contribution is 7.09. The number of thiophene rings is 1. The zero-order valence-corrected chi connectivity index (χ0v) is 15.5. The summed E-state index contributed by atoms with van der Waals surface area (Å²) in [5.74, 6) is -2.00. The standard InChI is InChI=1S/C18H17N3O6S/c22-15(20-17(24)19-10-12-4-3-9-28-12)11-26-16(23)7-8-21-13-5-1-2-6-14(13)27-18(21)25/h1-6,9H,7-8,10-11H2,(H2,19,20,22,24). The second-order valence-electron chi connectivity index (χ2n) is 5.71. The van der Waals surface area contributed by atoms with Gasteiger partial charge in [0, 0.05) is 11.4 Å². The van der Waals surface area contributed by atoms with E-state index in [0.717, 1.165) is 4.88 Å². The molecule has 3 rings (SSSR count). The molecular formula is C18H17N3O6S. The van der Waals surface area contributed by atoms with Crippen LogP contribution in [0.2, 0.25) is 0 Å². The van der Waals surface area contributed by atoms with Crippen LogP contribution in [0.1, 0.15) is 11.3 Å². The Kier molecular flexibility index (Phi) is 6.22. The van der Waals surface area contributed by atoms with Crippen molar-refractivity contribution in [2.45, 2.75) is 19.5 Å². The van der Waals surface area contributed by atoms with E-state index in [1.165, 1.54) is 15.9 Å². The summed E-state index contributed by atoms with van der Waals surface area (Å²) < 4.78 is 11.2. The number of nitrogens with zero attached hydrogens (tertiary/aromatic N) is 1. The number of amides is 3. The minimum absolute atomic E-state index is 0.0532. The van der Waals surface area contributed by atoms with Gasteiger partial charge in [-0.05, 0) is 23.6 Å². The van der Waals surface area contributed by atoms with Crippen LogP contribution in [0.5, 0.6) is 0 Å². The molecule has 1 aromatic carbocycles. The lowest BCUT2D eigenvalue weighted by Crippen LogP contribution is -2.41. The molecule has 2 aromatic heterocycles. The highest BCUT2D eigenvalue weighted by atomic mass is 32.1. The predicted molar refractivity (Wildman–Crippen MR) is 101 cm³/mol. The molecule has 0 aliphatic heterocycles. The van der Waals surface area contributed by atoms with Crippen LogP contribution in [0.3, 0.4) is 0 Å². The first kappa shape index (κ1) is 19.4. The molecule has 10 heteroatoms. The molecule has 0 unspecified atom stereocenters. The third-order valence-corrected chi connectivity index (χ3v) is 4.61. The number of benzene rings is 1. The molecule has 28 heavy (non-hydrogen) atoms. The molecular weight excluding hydrogens is 386 g/mol. The van der Waals surface area contributed by atoms with Gasteiger partial charge in [0.05, 0.1) is 18.5 Å². The first-order valence-corrected chi connectivity index (χ1v) is 9.25. The number of ether oxygens (including phenoxy) is 1. The van der Waals surface area contributed by atoms with Crippen molar-refractivity contribution in [3.63, 3.8) is 0 Å². The summed E-state index contributed by atoms with van der Waals surface area (Å²) in [7, 11) is 0. The van der Waals surface area contributed by atoms with Crippen LogP contribution in [0, 0.1) is 0 Å². The van der Waals surface area contributed by atoms with Crippen LogP contribution < -0.4 is 16.4 Å². The third-order valence-electron chi connectivity index (χ3n) is 3.73. The Labute approximate surface area is 162 Å². The number of rotatable bonds is 7. The second kappa shape index (κ2) is 9.00. The molecule has 2 heterocycles. The van der Waals surface area contributed by atoms with E-state index in [4.69, 9.17) is 9.15 Å². The van der Waals surface area contributed by atoms with Gasteiger partial charge in [0.15, 0.2) is 12.2 Å². The maximum absolute atomic E-state index is 11.8. The van der Waals surface area contributed by atoms with E-state index in [2.05, 4.69) is 10.6 Å². The third kappa shape index (κ3) is 5.07. The predicted octanol–water partition coefficient (Wildman–Crippen LogP) is 1.62. The van der Waals surface area contributed by atoms with Crippen LogP contribution in [0.25, 0.3) is 11.1 Å². The van der Waals surface area contributed by atoms with E-state index in [1.807, 2.05) is 17.5 Å². The number of aryl methyl sites for hydroxylation is 1. The van der Waals surface area contributed by atoms with Crippen LogP contribution >= 0.6 is 11.3 Å². The lowest BCUT2D eigenvalue weighted by atomic mass is 10.3. The van der Waals surface area contributed by atoms with Crippen molar-refractivity contribution >= 4 is 40.3 Å². The van der Waals surface area contributed by atoms with Gasteiger partial charge in [-0.25, -0.2) is 9.59 Å². The van der Waals surface area contributed by atoms with Crippen molar-refractivity contribution < 1.29 is 23.5 Å². The summed E-state index contributed by atoms with van der Waals surface area (Å²) in [6, 6.07) is 9.87. The molecule has 0 radical (unpaired) electrons. The minimum atomic E-state index is -0.747. The van der Waals surface area contributed by atoms with Crippen molar-refractivity contribution in [1.29, 1.82) is 0 Å². The lowest BCUT2D eigenvalue weighted by molar-refractivity contribution is -0.148. The number of carbonyl (C=O) groups is 3. The van der Waals surface area contributed by atoms with E-state index in [9.17, 15) is 19.2 Å². The second-order valence-corrected chi connectivity index (χ2v) is 6.74. The quantitative estimate of drug-likeness (QED) is 0.579. The van der Waals surface area contributed by atoms with Gasteiger partial charge in [-0.2, -0.15) is 0 Å². The molecule has 0 bridgehead atoms. The molecule has 0 atom stereocenters. The molecule has 3 aromatic rings. The van der Waals surface area contributed by atoms with Gasteiger partial charge in [0.25, 0.3) is 5.91 Å². The summed E-state index contributed by atoms with van der Waals surface area (Å²) >= 11 is 1.48. The number of imide groups is 1. The Balaban J connectivity index is 1.40. The highest BCUT2D eigenvalue weighted by Crippen LogP contribution is 2.12. The molecule has 0 spiro atoms. The first-order valence-electron chi connectivity index (χ1n) is 8.37. The Bertz CT molecular complexity index is 1040. The summed E-state index contributed by atoms with van der Waals surface area (Å²) in [6.07, 6.45) is -0.124. The van der Waals surface area contributed by atoms with Crippen LogP contribution in [-0.4, -0.2) is 29.1 Å². The van der Waals surface area contributed by atoms with Crippen molar-refractivity contribution in [2.24, 2.45) is 0 Å². The summed E-state index contributed by atoms with van der Waals surface area (Å²) in [5, 5.41) is 6.46. The zero-order valence-electron chi connectivity index (χ0n) is 14.7. The fourth-order valence-corrected chi connectivity index (χ4v) is 3.08. The van der Waals surface area contributed by atoms with Crippen molar-refractivity contribution in [3.05, 3.63) is 57.2 Å². The Morgan fingerprint density at radius 2 is 1.96 bits per heavy atom. The van der Waals surface area contributed by atoms with Gasteiger partial charge in [-0.1, -0.05) is 18.2 Å². The Morgan fingerprint density at radius 3 is 2.75 bits per heavy atom. The summed E-state index contributed by atoms with van der Waals surface area (Å²) in [6.45, 7) is -0.242. The first-order chi connectivity index (χ1) is 13.5. The van der Waals surface area contributed by atoms with Gasteiger partial charge >= 0.3 is 17.8 Å². The number of hydrogen-bond acceptors (Lipinski definition) is 7. The Morgan fingerprint density at radius 1 is 1.14 bits per heavy atom. The molecule has 0 aliphatic rings. The van der Waals surface area contributed by atoms with E-state index in [-0.39, 0.29) is 13.0 Å². The van der Waals surface area contributed by atoms with E-state index >= 15 is 0 Å². The van der Waals surface area contributed by atoms with Crippen molar-refractivity contribution in [3.8, 4) is 0 Å². The van der Waals surface area contributed by atoms with E-state index in [0.29, 0.717) is 17.6 Å². The molecule has 3 amide bonds. The van der Waals surface area contributed by atoms with E-state index < -0.39 is 30.3 Å². The van der Waals surface area contributed by atoms with Crippen molar-refractivity contribution in [1.82, 2.24) is 15.2 Å². The maximum Gasteiger partial charge on any atom is 0.419 e. The van der Waals surface area contributed by atoms with Gasteiger partial charge in [-0.15, -0.1) is 11.3 Å². The summed E-state index contributed by atoms with van der Waals surface area (Å²) in [4.78, 5) is 47.8. The lowest BCUT2D eigenvalue weighted by Gasteiger charge is -2.07. The topological polar surface area (TPSA) is 120 Å². The summed E-state index contributed by atoms with van der Waals surface area (Å²) in [5.41, 5.74) is 0.995. The van der Waals surface area contributed by atoms with Crippen LogP contribution in [0.4, 0.5) is 4.79 Å². The van der Waals surface area contributed by atoms with Gasteiger partial charge in [-0.3, -0.25) is 19.5 Å². The monoisotopic (exact) mass is 403 g/mol. The Hall–Kier alpha value is -3.40. The van der Waals surface area contributed by atoms with Crippen LogP contribution in [-0.2, 0) is 27.4 Å². The van der Waals surface area contributed by atoms with Crippen molar-refractivity contribution in [2.75, 3.05) is 6.61 Å². The fourth-order valence-electron chi connectivity index (χ4n) is 2.43. The molecule has 0 saturated carbocycles. The number of aromatic nitrogens is 1. The highest BCUT2D eigenvalue weighted by Gasteiger charge is 2.13. The fraction of sp³-hybridized carbons (Fsp3) is 0.222. The molecule has 146 valence electrons. The van der Waals surface area contributed by atoms with E-state index in [1.54, 1.807) is 24.3 Å². The SMILES string of the molecule is O=C(COC(=O)CCn1c(=O)oc2ccccc21)NC(=O)NCc1cccs1. The van der Waals surface area contributed by atoms with Gasteiger partial charge in [0.2, 0.25) is 0 Å². The number of oxazole rings is 1. The molecule has 2 N–H and O–H groups in total. The zero-order chi connectivity index (χ0) is 19.9. The minimum Gasteiger partial charge on any atom is -0.456 e.